The van der Waals surface area contributed by atoms with Gasteiger partial charge in [-0.1, -0.05) is 12.1 Å². The maximum absolute atomic E-state index is 6.21. The van der Waals surface area contributed by atoms with E-state index in [4.69, 9.17) is 5.73 Å². The Morgan fingerprint density at radius 1 is 1.39 bits per heavy atom. The number of nitrogens with two attached hydrogens (primary N) is 1. The van der Waals surface area contributed by atoms with Crippen LogP contribution in [-0.2, 0) is 6.42 Å². The molecule has 1 aliphatic carbocycles. The summed E-state index contributed by atoms with van der Waals surface area (Å²) >= 11 is 0. The third kappa shape index (κ3) is 1.32. The lowest BCUT2D eigenvalue weighted by Gasteiger charge is -2.44. The van der Waals surface area contributed by atoms with Gasteiger partial charge in [0.2, 0.25) is 0 Å². The van der Waals surface area contributed by atoms with Crippen molar-refractivity contribution in [1.82, 2.24) is 9.88 Å². The van der Waals surface area contributed by atoms with Crippen molar-refractivity contribution in [2.75, 3.05) is 13.6 Å². The highest BCUT2D eigenvalue weighted by Gasteiger charge is 2.38. The Kier molecular flexibility index (Phi) is 2.11. The van der Waals surface area contributed by atoms with Crippen molar-refractivity contribution in [3.8, 4) is 0 Å². The van der Waals surface area contributed by atoms with Gasteiger partial charge in [0, 0.05) is 41.6 Å². The molecule has 3 nitrogen and oxygen atoms in total. The van der Waals surface area contributed by atoms with Crippen molar-refractivity contribution in [3.63, 3.8) is 0 Å². The molecule has 4 rings (SSSR count). The fourth-order valence-electron chi connectivity index (χ4n) is 3.98. The van der Waals surface area contributed by atoms with Gasteiger partial charge in [-0.3, -0.25) is 0 Å². The summed E-state index contributed by atoms with van der Waals surface area (Å²) in [6.45, 7) is 1.02. The van der Waals surface area contributed by atoms with E-state index >= 15 is 0 Å². The van der Waals surface area contributed by atoms with Crippen molar-refractivity contribution in [2.45, 2.75) is 30.8 Å². The van der Waals surface area contributed by atoms with Crippen LogP contribution in [0.25, 0.3) is 10.9 Å². The summed E-state index contributed by atoms with van der Waals surface area (Å²) in [6.07, 6.45) is 4.47. The van der Waals surface area contributed by atoms with Gasteiger partial charge in [0.15, 0.2) is 0 Å². The molecule has 1 aromatic carbocycles. The second-order valence-corrected chi connectivity index (χ2v) is 5.90. The van der Waals surface area contributed by atoms with Crippen molar-refractivity contribution >= 4 is 10.9 Å². The smallest absolute Gasteiger partial charge is 0.0459 e. The topological polar surface area (TPSA) is 45.0 Å². The van der Waals surface area contributed by atoms with E-state index in [1.807, 2.05) is 0 Å². The normalized spacial score (nSPS) is 31.6. The van der Waals surface area contributed by atoms with Crippen molar-refractivity contribution in [1.29, 1.82) is 0 Å². The van der Waals surface area contributed by atoms with E-state index in [-0.39, 0.29) is 0 Å². The van der Waals surface area contributed by atoms with Gasteiger partial charge >= 0.3 is 0 Å². The molecule has 2 aromatic rings. The van der Waals surface area contributed by atoms with Crippen LogP contribution in [0.3, 0.4) is 0 Å². The molecule has 2 heterocycles. The van der Waals surface area contributed by atoms with Crippen LogP contribution in [0.1, 0.15) is 23.5 Å². The van der Waals surface area contributed by atoms with E-state index in [9.17, 15) is 0 Å². The molecule has 3 heteroatoms. The number of likely N-dealkylation sites (N-methyl/N-ethyl adjacent to an activating group) is 1. The molecule has 0 amide bonds. The maximum Gasteiger partial charge on any atom is 0.0459 e. The Labute approximate surface area is 107 Å². The highest BCUT2D eigenvalue weighted by atomic mass is 15.2. The first-order valence-corrected chi connectivity index (χ1v) is 6.78. The number of likely N-dealkylation sites (tertiary alicyclic amines) is 1. The number of aromatic amines is 1. The number of aromatic nitrogens is 1. The van der Waals surface area contributed by atoms with Crippen LogP contribution in [0.5, 0.6) is 0 Å². The molecule has 1 aromatic heterocycles. The fourth-order valence-corrected chi connectivity index (χ4v) is 3.98. The number of nitrogens with one attached hydrogen (secondary N) is 1. The Hall–Kier alpha value is -1.32. The zero-order valence-electron chi connectivity index (χ0n) is 10.7. The maximum atomic E-state index is 6.21. The number of rotatable bonds is 0. The fraction of sp³-hybridized carbons (Fsp3) is 0.467. The summed E-state index contributed by atoms with van der Waals surface area (Å²) in [6, 6.07) is 7.57. The van der Waals surface area contributed by atoms with Gasteiger partial charge in [-0.05, 0) is 37.1 Å². The van der Waals surface area contributed by atoms with Crippen LogP contribution >= 0.6 is 0 Å². The molecule has 0 saturated carbocycles. The minimum absolute atomic E-state index is 0.312. The lowest BCUT2D eigenvalue weighted by Crippen LogP contribution is -2.52. The highest BCUT2D eigenvalue weighted by Crippen LogP contribution is 2.42. The number of nitrogens with zero attached hydrogens (tertiary/aromatic N) is 1. The summed E-state index contributed by atoms with van der Waals surface area (Å²) in [5, 5.41) is 1.46. The van der Waals surface area contributed by atoms with E-state index in [0.29, 0.717) is 18.0 Å². The quantitative estimate of drug-likeness (QED) is 0.739. The van der Waals surface area contributed by atoms with Gasteiger partial charge in [0.25, 0.3) is 0 Å². The van der Waals surface area contributed by atoms with Gasteiger partial charge in [-0.2, -0.15) is 0 Å². The second kappa shape index (κ2) is 3.59. The zero-order valence-corrected chi connectivity index (χ0v) is 10.7. The van der Waals surface area contributed by atoms with Gasteiger partial charge in [-0.15, -0.1) is 0 Å². The molecular weight excluding hydrogens is 222 g/mol. The molecule has 94 valence electrons. The van der Waals surface area contributed by atoms with E-state index in [1.54, 1.807) is 0 Å². The average molecular weight is 241 g/mol. The second-order valence-electron chi connectivity index (χ2n) is 5.90. The SMILES string of the molecule is CN1CC(N)C[C@@H]2c3cccc4[nH]cc(c34)C[C@H]21. The number of benzene rings is 1. The first-order chi connectivity index (χ1) is 8.74. The molecule has 3 N–H and O–H groups in total. The summed E-state index contributed by atoms with van der Waals surface area (Å²) in [5.74, 6) is 0.603. The minimum Gasteiger partial charge on any atom is -0.361 e. The molecular formula is C15H19N3. The molecule has 3 atom stereocenters. The van der Waals surface area contributed by atoms with Gasteiger partial charge in [0.05, 0.1) is 0 Å². The number of hydrogen-bond acceptors (Lipinski definition) is 2. The summed E-state index contributed by atoms with van der Waals surface area (Å²) < 4.78 is 0. The third-order valence-corrected chi connectivity index (χ3v) is 4.76. The van der Waals surface area contributed by atoms with E-state index in [2.05, 4.69) is 41.3 Å². The number of hydrogen-bond donors (Lipinski definition) is 2. The van der Waals surface area contributed by atoms with Gasteiger partial charge in [0.1, 0.15) is 0 Å². The lowest BCUT2D eigenvalue weighted by atomic mass is 9.74. The van der Waals surface area contributed by atoms with E-state index in [1.165, 1.54) is 22.0 Å². The van der Waals surface area contributed by atoms with Crippen LogP contribution in [0.4, 0.5) is 0 Å². The Morgan fingerprint density at radius 2 is 2.28 bits per heavy atom. The molecule has 1 aliphatic heterocycles. The van der Waals surface area contributed by atoms with Crippen molar-refractivity contribution < 1.29 is 0 Å². The van der Waals surface area contributed by atoms with E-state index < -0.39 is 0 Å². The van der Waals surface area contributed by atoms with Crippen LogP contribution in [0.15, 0.2) is 24.4 Å². The molecule has 1 fully saturated rings. The first kappa shape index (κ1) is 10.6. The Balaban J connectivity index is 1.92. The predicted molar refractivity (Wildman–Crippen MR) is 73.8 cm³/mol. The third-order valence-electron chi connectivity index (χ3n) is 4.76. The average Bonchev–Trinajstić information content (AvgIpc) is 2.76. The molecule has 1 saturated heterocycles. The summed E-state index contributed by atoms with van der Waals surface area (Å²) in [4.78, 5) is 5.86. The van der Waals surface area contributed by atoms with Crippen molar-refractivity contribution in [2.24, 2.45) is 5.73 Å². The standard InChI is InChI=1S/C15H19N3/c1-18-8-10(16)6-12-11-3-2-4-13-15(11)9(7-17-13)5-14(12)18/h2-4,7,10,12,14,17H,5-6,8,16H2,1H3/t10?,12-,14-/m1/s1. The Morgan fingerprint density at radius 3 is 3.17 bits per heavy atom. The van der Waals surface area contributed by atoms with Crippen LogP contribution in [-0.4, -0.2) is 35.6 Å². The monoisotopic (exact) mass is 241 g/mol. The van der Waals surface area contributed by atoms with E-state index in [0.717, 1.165) is 19.4 Å². The van der Waals surface area contributed by atoms with Crippen LogP contribution in [0.2, 0.25) is 0 Å². The molecule has 0 radical (unpaired) electrons. The Bertz CT molecular complexity index is 601. The van der Waals surface area contributed by atoms with Gasteiger partial charge < -0.3 is 15.6 Å². The molecule has 18 heavy (non-hydrogen) atoms. The summed E-state index contributed by atoms with van der Waals surface area (Å²) in [7, 11) is 2.22. The molecule has 0 spiro atoms. The van der Waals surface area contributed by atoms with Crippen LogP contribution in [0, 0.1) is 0 Å². The largest absolute Gasteiger partial charge is 0.361 e. The number of H-pyrrole nitrogens is 1. The lowest BCUT2D eigenvalue weighted by molar-refractivity contribution is 0.141. The number of piperidine rings is 1. The zero-order chi connectivity index (χ0) is 12.3. The molecule has 0 bridgehead atoms. The first-order valence-electron chi connectivity index (χ1n) is 6.78. The van der Waals surface area contributed by atoms with Crippen LogP contribution < -0.4 is 5.73 Å². The minimum atomic E-state index is 0.312. The number of fused-ring (bicyclic) bond motifs is 2. The van der Waals surface area contributed by atoms with Gasteiger partial charge in [-0.25, -0.2) is 0 Å². The summed E-state index contributed by atoms with van der Waals surface area (Å²) in [5.41, 5.74) is 10.5. The predicted octanol–water partition coefficient (Wildman–Crippen LogP) is 1.84. The molecule has 2 aliphatic rings. The molecule has 1 unspecified atom stereocenters. The van der Waals surface area contributed by atoms with Crippen molar-refractivity contribution in [3.05, 3.63) is 35.5 Å². The highest BCUT2D eigenvalue weighted by molar-refractivity contribution is 5.88.